The predicted molar refractivity (Wildman–Crippen MR) is 183 cm³/mol. The van der Waals surface area contributed by atoms with Gasteiger partial charge >= 0.3 is 6.01 Å². The van der Waals surface area contributed by atoms with Crippen molar-refractivity contribution in [1.29, 1.82) is 10.5 Å². The lowest BCUT2D eigenvalue weighted by molar-refractivity contribution is -0.147. The van der Waals surface area contributed by atoms with Crippen molar-refractivity contribution in [2.45, 2.75) is 56.7 Å². The van der Waals surface area contributed by atoms with E-state index < -0.39 is 17.2 Å². The van der Waals surface area contributed by atoms with E-state index in [2.05, 4.69) is 16.0 Å². The van der Waals surface area contributed by atoms with Gasteiger partial charge in [0.2, 0.25) is 5.91 Å². The maximum Gasteiger partial charge on any atom is 0.319 e. The van der Waals surface area contributed by atoms with Crippen LogP contribution in [-0.4, -0.2) is 76.6 Å². The van der Waals surface area contributed by atoms with Crippen molar-refractivity contribution >= 4 is 60.7 Å². The molecule has 49 heavy (non-hydrogen) atoms. The molecule has 3 saturated heterocycles. The molecule has 252 valence electrons. The maximum atomic E-state index is 17.1. The number of amides is 1. The number of hydrogen-bond donors (Lipinski definition) is 1. The number of nitriles is 2. The fourth-order valence-electron chi connectivity index (χ4n) is 8.14. The number of halogens is 3. The minimum absolute atomic E-state index is 0.0153. The molecular weight excluding hydrogens is 670 g/mol. The zero-order chi connectivity index (χ0) is 34.4. The molecule has 4 aliphatic rings. The molecule has 10 nitrogen and oxygen atoms in total. The average molecular weight is 703 g/mol. The molecule has 14 heteroatoms. The van der Waals surface area contributed by atoms with E-state index in [0.29, 0.717) is 43.7 Å². The van der Waals surface area contributed by atoms with Crippen LogP contribution in [0.15, 0.2) is 18.2 Å². The van der Waals surface area contributed by atoms with Crippen LogP contribution in [0.4, 0.5) is 19.6 Å². The van der Waals surface area contributed by atoms with Gasteiger partial charge in [-0.1, -0.05) is 17.7 Å². The third kappa shape index (κ3) is 4.97. The van der Waals surface area contributed by atoms with Gasteiger partial charge < -0.3 is 20.3 Å². The van der Waals surface area contributed by atoms with Gasteiger partial charge in [0.15, 0.2) is 5.82 Å². The molecule has 1 spiro atoms. The number of nitrogens with zero attached hydrogens (tertiary/aromatic N) is 7. The number of anilines is 2. The van der Waals surface area contributed by atoms with E-state index in [9.17, 15) is 19.7 Å². The minimum Gasteiger partial charge on any atom is -0.459 e. The fourth-order valence-corrected chi connectivity index (χ4v) is 9.38. The van der Waals surface area contributed by atoms with Crippen LogP contribution < -0.4 is 15.4 Å². The predicted octanol–water partition coefficient (Wildman–Crippen LogP) is 6.10. The number of aromatic nitrogens is 2. The molecule has 2 aromatic heterocycles. The van der Waals surface area contributed by atoms with Gasteiger partial charge in [0, 0.05) is 42.0 Å². The summed E-state index contributed by atoms with van der Waals surface area (Å²) in [5.41, 5.74) is 5.92. The van der Waals surface area contributed by atoms with Crippen molar-refractivity contribution in [3.8, 4) is 29.3 Å². The number of benzene rings is 2. The normalized spacial score (nSPS) is 25.5. The lowest BCUT2D eigenvalue weighted by Gasteiger charge is -2.51. The van der Waals surface area contributed by atoms with Gasteiger partial charge in [-0.15, -0.1) is 11.3 Å². The van der Waals surface area contributed by atoms with Gasteiger partial charge in [-0.25, -0.2) is 8.78 Å². The third-order valence-electron chi connectivity index (χ3n) is 11.0. The van der Waals surface area contributed by atoms with Crippen molar-refractivity contribution in [3.63, 3.8) is 0 Å². The average Bonchev–Trinajstić information content (AvgIpc) is 3.33. The SMILES string of the molecule is CC(Oc1nc(N2CCC3(CCN3C(=O)[C@@H]3C[C@H]3C#N)C2)c2cc(Cl)c(-c3ccc(F)c4sc(N)c(C#N)c34)c(F)c2n1)[C@@H]1CCCN1C. The minimum atomic E-state index is -0.756. The molecule has 1 amide bonds. The lowest BCUT2D eigenvalue weighted by atomic mass is 9.83. The monoisotopic (exact) mass is 702 g/mol. The molecular formula is C35H33ClF2N8O2S. The number of carbonyl (C=O) groups is 1. The molecule has 4 fully saturated rings. The Morgan fingerprint density at radius 2 is 2.02 bits per heavy atom. The number of likely N-dealkylation sites (N-methyl/N-ethyl adjacent to an activating group) is 1. The van der Waals surface area contributed by atoms with Crippen molar-refractivity contribution in [3.05, 3.63) is 40.4 Å². The Bertz CT molecular complexity index is 2150. The van der Waals surface area contributed by atoms with E-state index in [4.69, 9.17) is 27.1 Å². The summed E-state index contributed by atoms with van der Waals surface area (Å²) in [6, 6.07) is 8.63. The first-order valence-electron chi connectivity index (χ1n) is 16.5. The molecule has 3 aliphatic heterocycles. The van der Waals surface area contributed by atoms with Crippen molar-refractivity contribution in [1.82, 2.24) is 19.8 Å². The number of likely N-dealkylation sites (tertiary alicyclic amines) is 2. The number of nitrogen functional groups attached to an aromatic ring is 1. The second kappa shape index (κ2) is 11.7. The number of thiophene rings is 1. The van der Waals surface area contributed by atoms with E-state index in [1.807, 2.05) is 29.8 Å². The van der Waals surface area contributed by atoms with Crippen LogP contribution in [0.1, 0.15) is 44.6 Å². The first kappa shape index (κ1) is 31.9. The maximum absolute atomic E-state index is 17.1. The van der Waals surface area contributed by atoms with E-state index in [-0.39, 0.29) is 78.2 Å². The van der Waals surface area contributed by atoms with Crippen molar-refractivity contribution in [2.24, 2.45) is 11.8 Å². The molecule has 0 bridgehead atoms. The van der Waals surface area contributed by atoms with E-state index in [0.717, 1.165) is 37.1 Å². The van der Waals surface area contributed by atoms with Crippen LogP contribution >= 0.6 is 22.9 Å². The van der Waals surface area contributed by atoms with Gasteiger partial charge in [-0.2, -0.15) is 20.5 Å². The number of nitrogens with two attached hydrogens (primary N) is 1. The molecule has 0 radical (unpaired) electrons. The Balaban J connectivity index is 1.24. The Morgan fingerprint density at radius 1 is 1.22 bits per heavy atom. The summed E-state index contributed by atoms with van der Waals surface area (Å²) >= 11 is 7.81. The highest BCUT2D eigenvalue weighted by Gasteiger charge is 2.56. The summed E-state index contributed by atoms with van der Waals surface area (Å²) in [7, 11) is 2.05. The molecule has 2 unspecified atom stereocenters. The highest BCUT2D eigenvalue weighted by atomic mass is 35.5. The Morgan fingerprint density at radius 3 is 2.69 bits per heavy atom. The van der Waals surface area contributed by atoms with Crippen LogP contribution in [0.25, 0.3) is 32.1 Å². The largest absolute Gasteiger partial charge is 0.459 e. The molecule has 2 N–H and O–H groups in total. The first-order valence-corrected chi connectivity index (χ1v) is 17.7. The molecule has 2 aromatic carbocycles. The van der Waals surface area contributed by atoms with Gasteiger partial charge in [-0.05, 0) is 70.3 Å². The fraction of sp³-hybridized carbons (Fsp3) is 0.457. The summed E-state index contributed by atoms with van der Waals surface area (Å²) < 4.78 is 38.5. The van der Waals surface area contributed by atoms with Crippen LogP contribution in [0.3, 0.4) is 0 Å². The quantitative estimate of drug-likeness (QED) is 0.253. The van der Waals surface area contributed by atoms with Crippen LogP contribution in [0, 0.1) is 46.1 Å². The molecule has 5 heterocycles. The van der Waals surface area contributed by atoms with Crippen molar-refractivity contribution < 1.29 is 18.3 Å². The molecule has 5 atom stereocenters. The summed E-state index contributed by atoms with van der Waals surface area (Å²) in [4.78, 5) is 29.0. The van der Waals surface area contributed by atoms with E-state index in [1.54, 1.807) is 6.07 Å². The lowest BCUT2D eigenvalue weighted by Crippen LogP contribution is -2.63. The number of hydrogen-bond acceptors (Lipinski definition) is 10. The molecule has 1 aliphatic carbocycles. The highest BCUT2D eigenvalue weighted by molar-refractivity contribution is 7.23. The van der Waals surface area contributed by atoms with E-state index >= 15 is 4.39 Å². The summed E-state index contributed by atoms with van der Waals surface area (Å²) in [5, 5.41) is 19.9. The number of fused-ring (bicyclic) bond motifs is 2. The van der Waals surface area contributed by atoms with Crippen LogP contribution in [0.5, 0.6) is 6.01 Å². The Kier molecular flexibility index (Phi) is 7.59. The van der Waals surface area contributed by atoms with Gasteiger partial charge in [0.1, 0.15) is 34.3 Å². The summed E-state index contributed by atoms with van der Waals surface area (Å²) in [6.45, 7) is 4.58. The second-order valence-corrected chi connectivity index (χ2v) is 15.2. The van der Waals surface area contributed by atoms with Gasteiger partial charge in [0.05, 0.1) is 38.7 Å². The molecule has 1 saturated carbocycles. The Labute approximate surface area is 290 Å². The number of rotatable bonds is 6. The Hall–Kier alpha value is -4.30. The van der Waals surface area contributed by atoms with Crippen LogP contribution in [-0.2, 0) is 4.79 Å². The molecule has 4 aromatic rings. The molecule has 8 rings (SSSR count). The highest BCUT2D eigenvalue weighted by Crippen LogP contribution is 2.49. The zero-order valence-corrected chi connectivity index (χ0v) is 28.5. The summed E-state index contributed by atoms with van der Waals surface area (Å²) in [5.74, 6) is -1.31. The van der Waals surface area contributed by atoms with Crippen LogP contribution in [0.2, 0.25) is 5.02 Å². The smallest absolute Gasteiger partial charge is 0.319 e. The van der Waals surface area contributed by atoms with Crippen molar-refractivity contribution in [2.75, 3.05) is 43.9 Å². The topological polar surface area (TPSA) is 135 Å². The number of ether oxygens (including phenoxy) is 1. The zero-order valence-electron chi connectivity index (χ0n) is 27.0. The summed E-state index contributed by atoms with van der Waals surface area (Å²) in [6.07, 6.45) is 3.83. The van der Waals surface area contributed by atoms with Gasteiger partial charge in [0.25, 0.3) is 0 Å². The first-order chi connectivity index (χ1) is 23.5. The second-order valence-electron chi connectivity index (χ2n) is 13.8. The van der Waals surface area contributed by atoms with Gasteiger partial charge in [-0.3, -0.25) is 9.69 Å². The standard InChI is InChI=1S/C35H33ClF2N8O2S/c1-17(25-4-3-9-44(25)2)48-34-42-29-21(32(43-34)45-10-7-35(16-45)8-11-46(35)33(47)20-12-18(20)14-39)13-23(36)27(28(29)38)19-5-6-24(37)30-26(19)22(15-40)31(41)49-30/h5-6,13,17-18,20,25H,3-4,7-12,16,41H2,1-2H3/t17?,18-,20+,25-,35?/m0/s1. The van der Waals surface area contributed by atoms with E-state index in [1.165, 1.54) is 12.1 Å². The third-order valence-corrected chi connectivity index (χ3v) is 12.3. The number of carbonyl (C=O) groups excluding carboxylic acids is 1.